The third-order valence-electron chi connectivity index (χ3n) is 4.00. The molecule has 0 saturated carbocycles. The first-order chi connectivity index (χ1) is 11.3. The van der Waals surface area contributed by atoms with Gasteiger partial charge in [0.2, 0.25) is 5.91 Å². The highest BCUT2D eigenvalue weighted by Gasteiger charge is 2.28. The topological polar surface area (TPSA) is 41.9 Å². The SMILES string of the molecule is C=CCN(CC1CC(c2ccccc2C)=NO1)C(=O)CC(C)(C)C. The minimum atomic E-state index is -0.0940. The summed E-state index contributed by atoms with van der Waals surface area (Å²) < 4.78 is 0. The molecular formula is C20H28N2O2. The second kappa shape index (κ2) is 7.65. The van der Waals surface area contributed by atoms with Gasteiger partial charge in [-0.2, -0.15) is 0 Å². The van der Waals surface area contributed by atoms with Crippen LogP contribution in [0.2, 0.25) is 0 Å². The maximum absolute atomic E-state index is 12.5. The summed E-state index contributed by atoms with van der Waals surface area (Å²) in [7, 11) is 0. The van der Waals surface area contributed by atoms with Crippen molar-refractivity contribution in [3.8, 4) is 0 Å². The van der Waals surface area contributed by atoms with Gasteiger partial charge in [0, 0.05) is 24.9 Å². The summed E-state index contributed by atoms with van der Waals surface area (Å²) >= 11 is 0. The number of rotatable bonds is 6. The van der Waals surface area contributed by atoms with E-state index in [2.05, 4.69) is 51.6 Å². The molecule has 0 N–H and O–H groups in total. The predicted octanol–water partition coefficient (Wildman–Crippen LogP) is 3.94. The van der Waals surface area contributed by atoms with Crippen molar-refractivity contribution in [2.24, 2.45) is 10.6 Å². The van der Waals surface area contributed by atoms with Crippen LogP contribution in [-0.2, 0) is 9.63 Å². The van der Waals surface area contributed by atoms with Crippen LogP contribution in [0.4, 0.5) is 0 Å². The van der Waals surface area contributed by atoms with Gasteiger partial charge in [-0.15, -0.1) is 6.58 Å². The average molecular weight is 328 g/mol. The van der Waals surface area contributed by atoms with Crippen molar-refractivity contribution in [3.05, 3.63) is 48.0 Å². The van der Waals surface area contributed by atoms with Crippen molar-refractivity contribution in [1.82, 2.24) is 4.90 Å². The van der Waals surface area contributed by atoms with Gasteiger partial charge in [0.15, 0.2) is 6.10 Å². The Kier molecular flexibility index (Phi) is 5.81. The number of oxime groups is 1. The number of amides is 1. The molecule has 4 nitrogen and oxygen atoms in total. The van der Waals surface area contributed by atoms with Crippen LogP contribution in [0.15, 0.2) is 42.1 Å². The Hall–Kier alpha value is -2.10. The number of hydrogen-bond acceptors (Lipinski definition) is 3. The third kappa shape index (κ3) is 4.95. The smallest absolute Gasteiger partial charge is 0.223 e. The molecule has 1 atom stereocenters. The van der Waals surface area contributed by atoms with E-state index in [4.69, 9.17) is 4.84 Å². The van der Waals surface area contributed by atoms with Crippen LogP contribution in [-0.4, -0.2) is 35.7 Å². The fraction of sp³-hybridized carbons (Fsp3) is 0.500. The fourth-order valence-corrected chi connectivity index (χ4v) is 2.83. The minimum absolute atomic E-state index is 0.0319. The summed E-state index contributed by atoms with van der Waals surface area (Å²) in [5.41, 5.74) is 3.24. The molecule has 1 amide bonds. The molecule has 1 aromatic rings. The zero-order chi connectivity index (χ0) is 17.7. The summed E-state index contributed by atoms with van der Waals surface area (Å²) in [5, 5.41) is 4.25. The summed E-state index contributed by atoms with van der Waals surface area (Å²) in [6, 6.07) is 8.16. The molecule has 0 aliphatic carbocycles. The Morgan fingerprint density at radius 1 is 1.42 bits per heavy atom. The van der Waals surface area contributed by atoms with Crippen LogP contribution >= 0.6 is 0 Å². The normalized spacial score (nSPS) is 17.2. The lowest BCUT2D eigenvalue weighted by Gasteiger charge is -2.27. The van der Waals surface area contributed by atoms with E-state index in [0.29, 0.717) is 19.5 Å². The number of carbonyl (C=O) groups excluding carboxylic acids is 1. The van der Waals surface area contributed by atoms with Crippen molar-refractivity contribution in [2.45, 2.75) is 46.6 Å². The molecule has 1 aliphatic heterocycles. The standard InChI is InChI=1S/C20H28N2O2/c1-6-11-22(19(23)13-20(3,4)5)14-16-12-18(21-24-16)17-10-8-7-9-15(17)2/h6-10,16H,1,11-14H2,2-5H3. The molecule has 1 aromatic carbocycles. The lowest BCUT2D eigenvalue weighted by Crippen LogP contribution is -2.39. The number of nitrogens with zero attached hydrogens (tertiary/aromatic N) is 2. The summed E-state index contributed by atoms with van der Waals surface area (Å²) in [4.78, 5) is 19.9. The molecule has 0 spiro atoms. The highest BCUT2D eigenvalue weighted by Crippen LogP contribution is 2.23. The van der Waals surface area contributed by atoms with Crippen molar-refractivity contribution < 1.29 is 9.63 Å². The predicted molar refractivity (Wildman–Crippen MR) is 98.1 cm³/mol. The first-order valence-corrected chi connectivity index (χ1v) is 8.47. The maximum Gasteiger partial charge on any atom is 0.223 e. The quantitative estimate of drug-likeness (QED) is 0.742. The summed E-state index contributed by atoms with van der Waals surface area (Å²) in [6.45, 7) is 13.1. The maximum atomic E-state index is 12.5. The molecule has 4 heteroatoms. The van der Waals surface area contributed by atoms with E-state index in [1.807, 2.05) is 17.0 Å². The van der Waals surface area contributed by atoms with E-state index < -0.39 is 0 Å². The molecule has 130 valence electrons. The molecular weight excluding hydrogens is 300 g/mol. The first-order valence-electron chi connectivity index (χ1n) is 8.47. The second-order valence-corrected chi connectivity index (χ2v) is 7.61. The molecule has 0 radical (unpaired) electrons. The molecule has 1 aliphatic rings. The highest BCUT2D eigenvalue weighted by molar-refractivity contribution is 6.02. The third-order valence-corrected chi connectivity index (χ3v) is 4.00. The van der Waals surface area contributed by atoms with Crippen molar-refractivity contribution >= 4 is 11.6 Å². The molecule has 2 rings (SSSR count). The monoisotopic (exact) mass is 328 g/mol. The zero-order valence-electron chi connectivity index (χ0n) is 15.2. The van der Waals surface area contributed by atoms with E-state index in [0.717, 1.165) is 17.7 Å². The second-order valence-electron chi connectivity index (χ2n) is 7.61. The highest BCUT2D eigenvalue weighted by atomic mass is 16.6. The van der Waals surface area contributed by atoms with E-state index in [1.54, 1.807) is 6.08 Å². The van der Waals surface area contributed by atoms with Gasteiger partial charge in [-0.3, -0.25) is 4.79 Å². The Morgan fingerprint density at radius 2 is 2.12 bits per heavy atom. The summed E-state index contributed by atoms with van der Waals surface area (Å²) in [5.74, 6) is 0.135. The van der Waals surface area contributed by atoms with Crippen molar-refractivity contribution in [3.63, 3.8) is 0 Å². The lowest BCUT2D eigenvalue weighted by atomic mass is 9.91. The Labute approximate surface area is 145 Å². The molecule has 1 unspecified atom stereocenters. The number of carbonyl (C=O) groups is 1. The van der Waals surface area contributed by atoms with Crippen LogP contribution < -0.4 is 0 Å². The van der Waals surface area contributed by atoms with Gasteiger partial charge in [0.1, 0.15) is 0 Å². The number of hydrogen-bond donors (Lipinski definition) is 0. The molecule has 0 bridgehead atoms. The van der Waals surface area contributed by atoms with Crippen LogP contribution in [0, 0.1) is 12.3 Å². The van der Waals surface area contributed by atoms with Crippen LogP contribution in [0.25, 0.3) is 0 Å². The van der Waals surface area contributed by atoms with E-state index >= 15 is 0 Å². The molecule has 0 aromatic heterocycles. The van der Waals surface area contributed by atoms with Gasteiger partial charge in [-0.25, -0.2) is 0 Å². The van der Waals surface area contributed by atoms with Crippen LogP contribution in [0.3, 0.4) is 0 Å². The Morgan fingerprint density at radius 3 is 2.75 bits per heavy atom. The van der Waals surface area contributed by atoms with Gasteiger partial charge in [0.05, 0.1) is 12.3 Å². The largest absolute Gasteiger partial charge is 0.390 e. The van der Waals surface area contributed by atoms with Gasteiger partial charge in [-0.05, 0) is 17.9 Å². The zero-order valence-corrected chi connectivity index (χ0v) is 15.2. The first kappa shape index (κ1) is 18.2. The van der Waals surface area contributed by atoms with Gasteiger partial charge >= 0.3 is 0 Å². The van der Waals surface area contributed by atoms with Crippen LogP contribution in [0.5, 0.6) is 0 Å². The molecule has 0 saturated heterocycles. The number of aryl methyl sites for hydroxylation is 1. The van der Waals surface area contributed by atoms with E-state index in [1.165, 1.54) is 5.56 Å². The Balaban J connectivity index is 1.99. The van der Waals surface area contributed by atoms with E-state index in [-0.39, 0.29) is 17.4 Å². The minimum Gasteiger partial charge on any atom is -0.390 e. The number of benzene rings is 1. The Bertz CT molecular complexity index is 629. The van der Waals surface area contributed by atoms with Crippen molar-refractivity contribution in [2.75, 3.05) is 13.1 Å². The van der Waals surface area contributed by atoms with Gasteiger partial charge in [0.25, 0.3) is 0 Å². The van der Waals surface area contributed by atoms with Crippen molar-refractivity contribution in [1.29, 1.82) is 0 Å². The molecule has 1 heterocycles. The average Bonchev–Trinajstić information content (AvgIpc) is 2.94. The lowest BCUT2D eigenvalue weighted by molar-refractivity contribution is -0.134. The molecule has 0 fully saturated rings. The molecule has 24 heavy (non-hydrogen) atoms. The van der Waals surface area contributed by atoms with E-state index in [9.17, 15) is 4.79 Å². The van der Waals surface area contributed by atoms with Gasteiger partial charge < -0.3 is 9.74 Å². The van der Waals surface area contributed by atoms with Gasteiger partial charge in [-0.1, -0.05) is 56.3 Å². The fourth-order valence-electron chi connectivity index (χ4n) is 2.83. The summed E-state index contributed by atoms with van der Waals surface area (Å²) in [6.07, 6.45) is 2.90. The van der Waals surface area contributed by atoms with Crippen LogP contribution in [0.1, 0.15) is 44.7 Å².